The Bertz CT molecular complexity index is 3100. The standard InChI is InChI=1S/C55H38/c1-55(2)51-25-12-11-20-44(51)50-33-37(30-31-52(50)55)35-26-28-36(29-27-35)53-45-21-7-9-23-47(45)54(48-24-10-8-22-46(48)53)40-16-13-15-38(32-40)49-34-39-14-3-4-17-41(39)42-18-5-6-19-43(42)49/h3-34H,1-2H3. The smallest absolute Gasteiger partial charge is 0.0158 e. The maximum absolute atomic E-state index is 2.40. The van der Waals surface area contributed by atoms with Crippen LogP contribution < -0.4 is 0 Å². The summed E-state index contributed by atoms with van der Waals surface area (Å²) in [5, 5.41) is 10.2. The van der Waals surface area contributed by atoms with Gasteiger partial charge < -0.3 is 0 Å². The second-order valence-corrected chi connectivity index (χ2v) is 15.6. The highest BCUT2D eigenvalue weighted by molar-refractivity contribution is 6.22. The van der Waals surface area contributed by atoms with E-state index in [0.717, 1.165) is 0 Å². The fourth-order valence-corrected chi connectivity index (χ4v) is 9.61. The Labute approximate surface area is 322 Å². The molecule has 10 aromatic rings. The van der Waals surface area contributed by atoms with Crippen LogP contribution >= 0.6 is 0 Å². The Morgan fingerprint density at radius 2 is 0.782 bits per heavy atom. The summed E-state index contributed by atoms with van der Waals surface area (Å²) >= 11 is 0. The lowest BCUT2D eigenvalue weighted by molar-refractivity contribution is 0.660. The summed E-state index contributed by atoms with van der Waals surface area (Å²) in [6, 6.07) is 72.2. The molecule has 0 atom stereocenters. The Morgan fingerprint density at radius 1 is 0.273 bits per heavy atom. The Hall–Kier alpha value is -6.76. The van der Waals surface area contributed by atoms with Gasteiger partial charge in [0.15, 0.2) is 0 Å². The average Bonchev–Trinajstić information content (AvgIpc) is 3.47. The van der Waals surface area contributed by atoms with Gasteiger partial charge in [-0.2, -0.15) is 0 Å². The van der Waals surface area contributed by atoms with Gasteiger partial charge in [-0.05, 0) is 128 Å². The van der Waals surface area contributed by atoms with Crippen molar-refractivity contribution in [2.45, 2.75) is 19.3 Å². The van der Waals surface area contributed by atoms with Crippen molar-refractivity contribution in [3.05, 3.63) is 205 Å². The summed E-state index contributed by atoms with van der Waals surface area (Å²) in [5.74, 6) is 0. The molecule has 258 valence electrons. The molecule has 0 heterocycles. The second-order valence-electron chi connectivity index (χ2n) is 15.6. The largest absolute Gasteiger partial charge is 0.0619 e. The van der Waals surface area contributed by atoms with Crippen molar-refractivity contribution in [2.75, 3.05) is 0 Å². The van der Waals surface area contributed by atoms with E-state index in [9.17, 15) is 0 Å². The van der Waals surface area contributed by atoms with E-state index in [4.69, 9.17) is 0 Å². The molecule has 10 aromatic carbocycles. The molecule has 0 N–H and O–H groups in total. The minimum absolute atomic E-state index is 0.00865. The van der Waals surface area contributed by atoms with E-state index in [-0.39, 0.29) is 5.41 Å². The van der Waals surface area contributed by atoms with Crippen LogP contribution in [0.25, 0.3) is 98.7 Å². The van der Waals surface area contributed by atoms with Crippen molar-refractivity contribution in [2.24, 2.45) is 0 Å². The van der Waals surface area contributed by atoms with Crippen molar-refractivity contribution >= 4 is 43.1 Å². The highest BCUT2D eigenvalue weighted by Gasteiger charge is 2.35. The van der Waals surface area contributed by atoms with Crippen LogP contribution in [-0.4, -0.2) is 0 Å². The summed E-state index contributed by atoms with van der Waals surface area (Å²) in [7, 11) is 0. The fraction of sp³-hybridized carbons (Fsp3) is 0.0545. The van der Waals surface area contributed by atoms with E-state index >= 15 is 0 Å². The molecule has 0 fully saturated rings. The minimum Gasteiger partial charge on any atom is -0.0619 e. The van der Waals surface area contributed by atoms with Crippen molar-refractivity contribution < 1.29 is 0 Å². The van der Waals surface area contributed by atoms with Gasteiger partial charge in [-0.15, -0.1) is 0 Å². The molecule has 0 radical (unpaired) electrons. The summed E-state index contributed by atoms with van der Waals surface area (Å²) in [5.41, 5.74) is 15.5. The molecule has 11 rings (SSSR count). The maximum atomic E-state index is 2.40. The van der Waals surface area contributed by atoms with Crippen molar-refractivity contribution in [3.63, 3.8) is 0 Å². The first-order valence-electron chi connectivity index (χ1n) is 19.3. The second kappa shape index (κ2) is 12.1. The van der Waals surface area contributed by atoms with Gasteiger partial charge in [0, 0.05) is 5.41 Å². The number of hydrogen-bond acceptors (Lipinski definition) is 0. The zero-order valence-electron chi connectivity index (χ0n) is 31.0. The molecule has 0 amide bonds. The zero-order chi connectivity index (χ0) is 36.7. The van der Waals surface area contributed by atoms with Gasteiger partial charge in [0.05, 0.1) is 0 Å². The number of fused-ring (bicyclic) bond motifs is 8. The fourth-order valence-electron chi connectivity index (χ4n) is 9.61. The van der Waals surface area contributed by atoms with Gasteiger partial charge in [0.25, 0.3) is 0 Å². The summed E-state index contributed by atoms with van der Waals surface area (Å²) in [6.45, 7) is 4.69. The lowest BCUT2D eigenvalue weighted by atomic mass is 9.82. The van der Waals surface area contributed by atoms with Gasteiger partial charge >= 0.3 is 0 Å². The van der Waals surface area contributed by atoms with Gasteiger partial charge in [-0.25, -0.2) is 0 Å². The SMILES string of the molecule is CC1(C)c2ccccc2-c2cc(-c3ccc(-c4c5ccccc5c(-c5cccc(-c6cc7ccccc7c7ccccc67)c5)c5ccccc45)cc3)ccc21. The maximum Gasteiger partial charge on any atom is 0.0158 e. The quantitative estimate of drug-likeness (QED) is 0.127. The number of benzene rings is 10. The first-order chi connectivity index (χ1) is 27.0. The van der Waals surface area contributed by atoms with Gasteiger partial charge in [-0.3, -0.25) is 0 Å². The molecule has 0 saturated heterocycles. The lowest BCUT2D eigenvalue weighted by Gasteiger charge is -2.21. The van der Waals surface area contributed by atoms with Crippen LogP contribution in [0.5, 0.6) is 0 Å². The third kappa shape index (κ3) is 4.85. The van der Waals surface area contributed by atoms with Crippen molar-refractivity contribution in [3.8, 4) is 55.6 Å². The lowest BCUT2D eigenvalue weighted by Crippen LogP contribution is -2.14. The summed E-state index contributed by atoms with van der Waals surface area (Å²) < 4.78 is 0. The van der Waals surface area contributed by atoms with Crippen LogP contribution in [0.15, 0.2) is 194 Å². The zero-order valence-corrected chi connectivity index (χ0v) is 31.0. The molecular formula is C55H38. The van der Waals surface area contributed by atoms with E-state index in [1.165, 1.54) is 110 Å². The third-order valence-electron chi connectivity index (χ3n) is 12.3. The van der Waals surface area contributed by atoms with Crippen LogP contribution in [0.2, 0.25) is 0 Å². The predicted octanol–water partition coefficient (Wildman–Crippen LogP) is 15.3. The molecule has 1 aliphatic rings. The third-order valence-corrected chi connectivity index (χ3v) is 12.3. The molecular weight excluding hydrogens is 661 g/mol. The molecule has 0 heteroatoms. The van der Waals surface area contributed by atoms with Crippen LogP contribution in [0.1, 0.15) is 25.0 Å². The number of hydrogen-bond donors (Lipinski definition) is 0. The van der Waals surface area contributed by atoms with Gasteiger partial charge in [0.1, 0.15) is 0 Å². The van der Waals surface area contributed by atoms with E-state index in [0.29, 0.717) is 0 Å². The molecule has 0 unspecified atom stereocenters. The average molecular weight is 699 g/mol. The van der Waals surface area contributed by atoms with Gasteiger partial charge in [-0.1, -0.05) is 190 Å². The molecule has 0 aliphatic heterocycles. The Morgan fingerprint density at radius 3 is 1.49 bits per heavy atom. The van der Waals surface area contributed by atoms with Crippen LogP contribution in [0, 0.1) is 0 Å². The van der Waals surface area contributed by atoms with E-state index < -0.39 is 0 Å². The topological polar surface area (TPSA) is 0 Å². The Balaban J connectivity index is 1.05. The molecule has 0 bridgehead atoms. The van der Waals surface area contributed by atoms with Crippen LogP contribution in [-0.2, 0) is 5.41 Å². The first kappa shape index (κ1) is 31.7. The summed E-state index contributed by atoms with van der Waals surface area (Å²) in [4.78, 5) is 0. The molecule has 0 saturated carbocycles. The highest BCUT2D eigenvalue weighted by atomic mass is 14.4. The van der Waals surface area contributed by atoms with Crippen molar-refractivity contribution in [1.29, 1.82) is 0 Å². The highest BCUT2D eigenvalue weighted by Crippen LogP contribution is 2.50. The number of rotatable bonds is 4. The van der Waals surface area contributed by atoms with Gasteiger partial charge in [0.2, 0.25) is 0 Å². The van der Waals surface area contributed by atoms with E-state index in [1.54, 1.807) is 0 Å². The normalized spacial score (nSPS) is 13.1. The molecule has 0 nitrogen and oxygen atoms in total. The molecule has 1 aliphatic carbocycles. The predicted molar refractivity (Wildman–Crippen MR) is 236 cm³/mol. The van der Waals surface area contributed by atoms with Crippen LogP contribution in [0.4, 0.5) is 0 Å². The van der Waals surface area contributed by atoms with Crippen molar-refractivity contribution in [1.82, 2.24) is 0 Å². The van der Waals surface area contributed by atoms with E-state index in [2.05, 4.69) is 208 Å². The minimum atomic E-state index is 0.00865. The molecule has 55 heavy (non-hydrogen) atoms. The van der Waals surface area contributed by atoms with E-state index in [1.807, 2.05) is 0 Å². The molecule has 0 spiro atoms. The first-order valence-corrected chi connectivity index (χ1v) is 19.3. The monoisotopic (exact) mass is 698 g/mol. The van der Waals surface area contributed by atoms with Crippen LogP contribution in [0.3, 0.4) is 0 Å². The molecule has 0 aromatic heterocycles. The summed E-state index contributed by atoms with van der Waals surface area (Å²) in [6.07, 6.45) is 0. The Kier molecular flexibility index (Phi) is 7.00.